The van der Waals surface area contributed by atoms with Crippen molar-refractivity contribution >= 4 is 11.5 Å². The van der Waals surface area contributed by atoms with E-state index < -0.39 is 11.6 Å². The van der Waals surface area contributed by atoms with E-state index in [1.54, 1.807) is 28.7 Å². The number of rotatable bonds is 8. The van der Waals surface area contributed by atoms with E-state index in [1.165, 1.54) is 12.1 Å². The lowest BCUT2D eigenvalue weighted by atomic mass is 10.0. The fourth-order valence-corrected chi connectivity index (χ4v) is 4.20. The Kier molecular flexibility index (Phi) is 6.01. The standard InChI is InChI=1S/C23H24F2N6O2/c1-32-9-10-33-15-16-12-26-31(14-16)21-13-27-30-8-6-22(28-23(21)30)29-7-2-3-20(29)18-11-17(24)4-5-19(18)25/h4-6,8,11-14,20H,2-3,7,9-10,15H2,1H3/t20-/m0/s1. The van der Waals surface area contributed by atoms with Gasteiger partial charge in [0.05, 0.1) is 38.3 Å². The number of hydrogen-bond acceptors (Lipinski definition) is 6. The zero-order chi connectivity index (χ0) is 22.8. The van der Waals surface area contributed by atoms with Gasteiger partial charge < -0.3 is 14.4 Å². The van der Waals surface area contributed by atoms with E-state index in [0.29, 0.717) is 49.1 Å². The van der Waals surface area contributed by atoms with Crippen molar-refractivity contribution in [3.05, 3.63) is 71.8 Å². The van der Waals surface area contributed by atoms with Gasteiger partial charge in [0, 0.05) is 37.2 Å². The molecule has 10 heteroatoms. The van der Waals surface area contributed by atoms with E-state index in [0.717, 1.165) is 24.5 Å². The molecular weight excluding hydrogens is 430 g/mol. The maximum atomic E-state index is 14.5. The van der Waals surface area contributed by atoms with E-state index in [9.17, 15) is 8.78 Å². The highest BCUT2D eigenvalue weighted by atomic mass is 19.1. The molecule has 1 aromatic carbocycles. The summed E-state index contributed by atoms with van der Waals surface area (Å²) >= 11 is 0. The van der Waals surface area contributed by atoms with Gasteiger partial charge >= 0.3 is 0 Å². The molecule has 1 aliphatic heterocycles. The van der Waals surface area contributed by atoms with Crippen molar-refractivity contribution in [2.45, 2.75) is 25.5 Å². The van der Waals surface area contributed by atoms with Crippen molar-refractivity contribution in [2.75, 3.05) is 31.8 Å². The molecule has 0 unspecified atom stereocenters. The molecule has 0 radical (unpaired) electrons. The molecule has 8 nitrogen and oxygen atoms in total. The van der Waals surface area contributed by atoms with Crippen LogP contribution in [-0.4, -0.2) is 51.2 Å². The van der Waals surface area contributed by atoms with Gasteiger partial charge in [0.25, 0.3) is 0 Å². The van der Waals surface area contributed by atoms with Gasteiger partial charge in [-0.2, -0.15) is 10.2 Å². The summed E-state index contributed by atoms with van der Waals surface area (Å²) < 4.78 is 42.2. The lowest BCUT2D eigenvalue weighted by Gasteiger charge is -2.26. The van der Waals surface area contributed by atoms with Gasteiger partial charge in [0.2, 0.25) is 0 Å². The van der Waals surface area contributed by atoms with Crippen LogP contribution >= 0.6 is 0 Å². The molecule has 33 heavy (non-hydrogen) atoms. The molecule has 4 aromatic rings. The van der Waals surface area contributed by atoms with Gasteiger partial charge in [0.15, 0.2) is 5.65 Å². The molecule has 1 aliphatic rings. The third-order valence-electron chi connectivity index (χ3n) is 5.78. The highest BCUT2D eigenvalue weighted by molar-refractivity contribution is 5.61. The van der Waals surface area contributed by atoms with E-state index in [-0.39, 0.29) is 6.04 Å². The fourth-order valence-electron chi connectivity index (χ4n) is 4.20. The van der Waals surface area contributed by atoms with Crippen molar-refractivity contribution in [1.82, 2.24) is 24.4 Å². The summed E-state index contributed by atoms with van der Waals surface area (Å²) in [6, 6.07) is 5.17. The van der Waals surface area contributed by atoms with Crippen LogP contribution in [0, 0.1) is 11.6 Å². The smallest absolute Gasteiger partial charge is 0.183 e. The number of aromatic nitrogens is 5. The Morgan fingerprint density at radius 2 is 2.03 bits per heavy atom. The highest BCUT2D eigenvalue weighted by Crippen LogP contribution is 2.37. The fraction of sp³-hybridized carbons (Fsp3) is 0.348. The molecule has 0 aliphatic carbocycles. The maximum Gasteiger partial charge on any atom is 0.183 e. The molecule has 3 aromatic heterocycles. The summed E-state index contributed by atoms with van der Waals surface area (Å²) in [5.74, 6) is -0.165. The third-order valence-corrected chi connectivity index (χ3v) is 5.78. The topological polar surface area (TPSA) is 69.7 Å². The summed E-state index contributed by atoms with van der Waals surface area (Å²) in [6.07, 6.45) is 8.72. The number of methoxy groups -OCH3 is 1. The van der Waals surface area contributed by atoms with Crippen LogP contribution in [-0.2, 0) is 16.1 Å². The van der Waals surface area contributed by atoms with Crippen molar-refractivity contribution in [3.63, 3.8) is 0 Å². The largest absolute Gasteiger partial charge is 0.382 e. The predicted octanol–water partition coefficient (Wildman–Crippen LogP) is 3.70. The minimum Gasteiger partial charge on any atom is -0.382 e. The van der Waals surface area contributed by atoms with Crippen LogP contribution < -0.4 is 4.90 Å². The van der Waals surface area contributed by atoms with Gasteiger partial charge in [-0.3, -0.25) is 0 Å². The average molecular weight is 454 g/mol. The lowest BCUT2D eigenvalue weighted by molar-refractivity contribution is 0.0616. The van der Waals surface area contributed by atoms with E-state index in [2.05, 4.69) is 10.2 Å². The second kappa shape index (κ2) is 9.24. The molecule has 0 bridgehead atoms. The van der Waals surface area contributed by atoms with E-state index >= 15 is 0 Å². The Balaban J connectivity index is 1.43. The number of fused-ring (bicyclic) bond motifs is 1. The molecule has 0 amide bonds. The van der Waals surface area contributed by atoms with Crippen LogP contribution in [0.2, 0.25) is 0 Å². The Morgan fingerprint density at radius 1 is 1.12 bits per heavy atom. The summed E-state index contributed by atoms with van der Waals surface area (Å²) in [6.45, 7) is 2.17. The monoisotopic (exact) mass is 454 g/mol. The first-order valence-electron chi connectivity index (χ1n) is 10.8. The van der Waals surface area contributed by atoms with E-state index in [4.69, 9.17) is 14.5 Å². The molecule has 0 N–H and O–H groups in total. The molecule has 1 fully saturated rings. The minimum atomic E-state index is -0.444. The number of benzene rings is 1. The van der Waals surface area contributed by atoms with Crippen molar-refractivity contribution in [1.29, 1.82) is 0 Å². The Morgan fingerprint density at radius 3 is 2.91 bits per heavy atom. The van der Waals surface area contributed by atoms with Crippen LogP contribution in [0.15, 0.2) is 49.1 Å². The second-order valence-electron chi connectivity index (χ2n) is 7.94. The van der Waals surface area contributed by atoms with Gasteiger partial charge in [-0.05, 0) is 37.1 Å². The maximum absolute atomic E-state index is 14.5. The summed E-state index contributed by atoms with van der Waals surface area (Å²) in [4.78, 5) is 6.84. The second-order valence-corrected chi connectivity index (χ2v) is 7.94. The lowest BCUT2D eigenvalue weighted by Crippen LogP contribution is -2.24. The summed E-state index contributed by atoms with van der Waals surface area (Å²) in [7, 11) is 1.63. The summed E-state index contributed by atoms with van der Waals surface area (Å²) in [5.41, 5.74) is 2.61. The van der Waals surface area contributed by atoms with Crippen LogP contribution in [0.3, 0.4) is 0 Å². The summed E-state index contributed by atoms with van der Waals surface area (Å²) in [5, 5.41) is 8.80. The van der Waals surface area contributed by atoms with Crippen molar-refractivity contribution < 1.29 is 18.3 Å². The number of anilines is 1. The van der Waals surface area contributed by atoms with E-state index in [1.807, 2.05) is 23.4 Å². The van der Waals surface area contributed by atoms with Crippen LogP contribution in [0.1, 0.15) is 30.0 Å². The molecule has 1 saturated heterocycles. The zero-order valence-corrected chi connectivity index (χ0v) is 18.2. The van der Waals surface area contributed by atoms with Gasteiger partial charge in [0.1, 0.15) is 23.1 Å². The number of nitrogens with zero attached hydrogens (tertiary/aromatic N) is 6. The Hall–Kier alpha value is -3.37. The van der Waals surface area contributed by atoms with Gasteiger partial charge in [-0.25, -0.2) is 23.0 Å². The molecule has 4 heterocycles. The number of ether oxygens (including phenoxy) is 2. The highest BCUT2D eigenvalue weighted by Gasteiger charge is 2.30. The van der Waals surface area contributed by atoms with Crippen LogP contribution in [0.4, 0.5) is 14.6 Å². The first-order valence-corrected chi connectivity index (χ1v) is 10.8. The van der Waals surface area contributed by atoms with Crippen molar-refractivity contribution in [2.24, 2.45) is 0 Å². The average Bonchev–Trinajstić information content (AvgIpc) is 3.57. The number of hydrogen-bond donors (Lipinski definition) is 0. The molecule has 172 valence electrons. The van der Waals surface area contributed by atoms with Gasteiger partial charge in [-0.15, -0.1) is 0 Å². The predicted molar refractivity (Wildman–Crippen MR) is 117 cm³/mol. The van der Waals surface area contributed by atoms with Crippen LogP contribution in [0.25, 0.3) is 11.3 Å². The van der Waals surface area contributed by atoms with Gasteiger partial charge in [-0.1, -0.05) is 0 Å². The molecule has 0 spiro atoms. The molecular formula is C23H24F2N6O2. The zero-order valence-electron chi connectivity index (χ0n) is 18.2. The quantitative estimate of drug-likeness (QED) is 0.378. The normalized spacial score (nSPS) is 16.2. The number of halogens is 2. The first-order chi connectivity index (χ1) is 16.1. The van der Waals surface area contributed by atoms with Crippen molar-refractivity contribution in [3.8, 4) is 5.69 Å². The van der Waals surface area contributed by atoms with Crippen LogP contribution in [0.5, 0.6) is 0 Å². The Bertz CT molecular complexity index is 1260. The third kappa shape index (κ3) is 4.31. The Labute approximate surface area is 189 Å². The molecule has 0 saturated carbocycles. The SMILES string of the molecule is COCCOCc1cnn(-c2cnn3ccc(N4CCC[C@H]4c4cc(F)ccc4F)nc23)c1. The molecule has 1 atom stereocenters. The molecule has 5 rings (SSSR count). The first kappa shape index (κ1) is 21.5. The minimum absolute atomic E-state index is 0.275.